The Hall–Kier alpha value is -3.26. The van der Waals surface area contributed by atoms with Gasteiger partial charge >= 0.3 is 0 Å². The summed E-state index contributed by atoms with van der Waals surface area (Å²) in [5, 5.41) is 5.87. The second kappa shape index (κ2) is 8.35. The molecule has 0 spiro atoms. The van der Waals surface area contributed by atoms with Crippen molar-refractivity contribution in [1.29, 1.82) is 0 Å². The number of nitroso groups, excluding NO2 is 1. The summed E-state index contributed by atoms with van der Waals surface area (Å²) in [6, 6.07) is 29.4. The first kappa shape index (κ1) is 20.6. The Morgan fingerprint density at radius 3 is 2.22 bits per heavy atom. The molecule has 0 amide bonds. The fraction of sp³-hybridized carbons (Fsp3) is 0.267. The Morgan fingerprint density at radius 1 is 0.750 bits per heavy atom. The average Bonchev–Trinajstić information content (AvgIpc) is 3.10. The summed E-state index contributed by atoms with van der Waals surface area (Å²) in [5.41, 5.74) is 7.44. The van der Waals surface area contributed by atoms with Gasteiger partial charge in [0.25, 0.3) is 0 Å². The van der Waals surface area contributed by atoms with Gasteiger partial charge in [-0.25, -0.2) is 0 Å². The van der Waals surface area contributed by atoms with Crippen molar-refractivity contribution in [2.75, 3.05) is 0 Å². The highest BCUT2D eigenvalue weighted by Gasteiger charge is 2.42. The van der Waals surface area contributed by atoms with Crippen LogP contribution in [0.15, 0.2) is 90.1 Å². The van der Waals surface area contributed by atoms with E-state index in [1.54, 1.807) is 0 Å². The molecule has 4 aromatic rings. The first-order valence-corrected chi connectivity index (χ1v) is 11.8. The summed E-state index contributed by atoms with van der Waals surface area (Å²) in [6.45, 7) is 4.54. The second-order valence-corrected chi connectivity index (χ2v) is 9.01. The highest BCUT2D eigenvalue weighted by Crippen LogP contribution is 2.54. The first-order chi connectivity index (χ1) is 15.7. The Labute approximate surface area is 190 Å². The molecule has 4 aromatic carbocycles. The van der Waals surface area contributed by atoms with Crippen molar-refractivity contribution in [2.45, 2.75) is 51.0 Å². The van der Waals surface area contributed by atoms with E-state index >= 15 is 0 Å². The molecule has 5 rings (SSSR count). The van der Waals surface area contributed by atoms with Crippen LogP contribution in [0.2, 0.25) is 0 Å². The normalized spacial score (nSPS) is 14.7. The molecule has 1 aliphatic carbocycles. The van der Waals surface area contributed by atoms with E-state index in [0.29, 0.717) is 0 Å². The molecule has 32 heavy (non-hydrogen) atoms. The van der Waals surface area contributed by atoms with E-state index in [2.05, 4.69) is 79.7 Å². The highest BCUT2D eigenvalue weighted by molar-refractivity contribution is 5.87. The van der Waals surface area contributed by atoms with Crippen LogP contribution < -0.4 is 0 Å². The average molecular weight is 420 g/mol. The van der Waals surface area contributed by atoms with E-state index in [4.69, 9.17) is 0 Å². The van der Waals surface area contributed by atoms with Gasteiger partial charge in [0, 0.05) is 5.41 Å². The monoisotopic (exact) mass is 419 g/mol. The molecule has 2 nitrogen and oxygen atoms in total. The number of hydrogen-bond donors (Lipinski definition) is 0. The lowest BCUT2D eigenvalue weighted by Crippen LogP contribution is -2.25. The van der Waals surface area contributed by atoms with Crippen LogP contribution in [-0.4, -0.2) is 0 Å². The highest BCUT2D eigenvalue weighted by atomic mass is 16.3. The van der Waals surface area contributed by atoms with Crippen LogP contribution in [0.25, 0.3) is 21.9 Å². The van der Waals surface area contributed by atoms with E-state index in [1.807, 2.05) is 24.3 Å². The van der Waals surface area contributed by atoms with E-state index in [0.717, 1.165) is 47.6 Å². The van der Waals surface area contributed by atoms with Crippen molar-refractivity contribution in [1.82, 2.24) is 0 Å². The molecule has 0 saturated carbocycles. The van der Waals surface area contributed by atoms with Gasteiger partial charge in [-0.3, -0.25) is 0 Å². The van der Waals surface area contributed by atoms with Gasteiger partial charge in [-0.05, 0) is 57.0 Å². The van der Waals surface area contributed by atoms with E-state index in [-0.39, 0.29) is 5.41 Å². The van der Waals surface area contributed by atoms with E-state index in [1.165, 1.54) is 22.3 Å². The Morgan fingerprint density at radius 2 is 1.44 bits per heavy atom. The third kappa shape index (κ3) is 3.09. The molecule has 0 aromatic heterocycles. The number of benzene rings is 4. The number of nitrogens with zero attached hydrogens (tertiary/aromatic N) is 1. The fourth-order valence-corrected chi connectivity index (χ4v) is 5.95. The van der Waals surface area contributed by atoms with Crippen molar-refractivity contribution in [2.24, 2.45) is 5.18 Å². The van der Waals surface area contributed by atoms with E-state index in [9.17, 15) is 4.91 Å². The molecular formula is C30H29NO. The molecule has 160 valence electrons. The van der Waals surface area contributed by atoms with Gasteiger partial charge in [-0.15, -0.1) is 4.91 Å². The standard InChI is InChI=1S/C30H29NO/c1-3-18-30(19-4-2)27-15-8-7-13-24(27)25-17-16-22(20-28(25)30)29(31-32)26-14-9-11-21-10-5-6-12-23(21)26/h5-17,20,29H,3-4,18-19H2,1-2H3. The molecule has 2 heteroatoms. The summed E-state index contributed by atoms with van der Waals surface area (Å²) < 4.78 is 0. The zero-order chi connectivity index (χ0) is 22.1. The van der Waals surface area contributed by atoms with Crippen LogP contribution in [0.3, 0.4) is 0 Å². The van der Waals surface area contributed by atoms with Crippen LogP contribution in [-0.2, 0) is 5.41 Å². The first-order valence-electron chi connectivity index (χ1n) is 11.8. The minimum Gasteiger partial charge on any atom is -0.150 e. The Balaban J connectivity index is 1.70. The van der Waals surface area contributed by atoms with Crippen LogP contribution in [0.5, 0.6) is 0 Å². The maximum Gasteiger partial charge on any atom is 0.143 e. The molecule has 0 radical (unpaired) electrons. The topological polar surface area (TPSA) is 29.4 Å². The summed E-state index contributed by atoms with van der Waals surface area (Å²) in [4.78, 5) is 12.2. The van der Waals surface area contributed by atoms with E-state index < -0.39 is 6.04 Å². The molecule has 0 aliphatic heterocycles. The lowest BCUT2D eigenvalue weighted by molar-refractivity contribution is 0.435. The van der Waals surface area contributed by atoms with Gasteiger partial charge in [0.1, 0.15) is 6.04 Å². The van der Waals surface area contributed by atoms with Gasteiger partial charge in [0.2, 0.25) is 0 Å². The van der Waals surface area contributed by atoms with Gasteiger partial charge in [0.05, 0.1) is 0 Å². The second-order valence-electron chi connectivity index (χ2n) is 9.01. The van der Waals surface area contributed by atoms with Gasteiger partial charge in [0.15, 0.2) is 0 Å². The third-order valence-electron chi connectivity index (χ3n) is 7.18. The molecule has 0 fully saturated rings. The molecule has 0 bridgehead atoms. The van der Waals surface area contributed by atoms with Crippen molar-refractivity contribution in [3.8, 4) is 11.1 Å². The molecule has 0 heterocycles. The van der Waals surface area contributed by atoms with Crippen molar-refractivity contribution < 1.29 is 0 Å². The predicted octanol–water partition coefficient (Wildman–Crippen LogP) is 8.56. The number of hydrogen-bond acceptors (Lipinski definition) is 2. The predicted molar refractivity (Wildman–Crippen MR) is 134 cm³/mol. The Bertz CT molecular complexity index is 1280. The van der Waals surface area contributed by atoms with Crippen molar-refractivity contribution >= 4 is 10.8 Å². The number of rotatable bonds is 7. The van der Waals surface area contributed by atoms with Gasteiger partial charge in [-0.2, -0.15) is 0 Å². The lowest BCUT2D eigenvalue weighted by Gasteiger charge is -2.32. The number of fused-ring (bicyclic) bond motifs is 4. The smallest absolute Gasteiger partial charge is 0.143 e. The minimum atomic E-state index is -0.518. The zero-order valence-corrected chi connectivity index (χ0v) is 18.8. The van der Waals surface area contributed by atoms with Gasteiger partial charge in [-0.1, -0.05) is 117 Å². The van der Waals surface area contributed by atoms with Crippen LogP contribution in [0.4, 0.5) is 0 Å². The van der Waals surface area contributed by atoms with Crippen LogP contribution in [0.1, 0.15) is 67.8 Å². The third-order valence-corrected chi connectivity index (χ3v) is 7.18. The maximum absolute atomic E-state index is 12.2. The minimum absolute atomic E-state index is 0.0115. The molecule has 0 N–H and O–H groups in total. The fourth-order valence-electron chi connectivity index (χ4n) is 5.95. The summed E-state index contributed by atoms with van der Waals surface area (Å²) >= 11 is 0. The summed E-state index contributed by atoms with van der Waals surface area (Å²) in [7, 11) is 0. The largest absolute Gasteiger partial charge is 0.150 e. The molecular weight excluding hydrogens is 390 g/mol. The zero-order valence-electron chi connectivity index (χ0n) is 18.8. The quantitative estimate of drug-likeness (QED) is 0.276. The molecule has 1 aliphatic rings. The van der Waals surface area contributed by atoms with Gasteiger partial charge < -0.3 is 0 Å². The molecule has 0 saturated heterocycles. The summed E-state index contributed by atoms with van der Waals surface area (Å²) in [6.07, 6.45) is 4.47. The van der Waals surface area contributed by atoms with Crippen LogP contribution >= 0.6 is 0 Å². The molecule has 1 unspecified atom stereocenters. The summed E-state index contributed by atoms with van der Waals surface area (Å²) in [5.74, 6) is 0. The van der Waals surface area contributed by atoms with Crippen molar-refractivity contribution in [3.05, 3.63) is 112 Å². The lowest BCUT2D eigenvalue weighted by atomic mass is 9.71. The maximum atomic E-state index is 12.2. The van der Waals surface area contributed by atoms with Crippen molar-refractivity contribution in [3.63, 3.8) is 0 Å². The van der Waals surface area contributed by atoms with Crippen LogP contribution in [0, 0.1) is 4.91 Å². The molecule has 1 atom stereocenters. The SMILES string of the molecule is CCCC1(CCC)c2ccccc2-c2ccc(C(N=O)c3cccc4ccccc34)cc21. The Kier molecular flexibility index (Phi) is 5.38.